The van der Waals surface area contributed by atoms with Crippen LogP contribution in [0.4, 0.5) is 8.78 Å². The van der Waals surface area contributed by atoms with Crippen molar-refractivity contribution in [3.8, 4) is 11.5 Å². The molecule has 22 heavy (non-hydrogen) atoms. The smallest absolute Gasteiger partial charge is 0.306 e. The van der Waals surface area contributed by atoms with Crippen LogP contribution in [0.25, 0.3) is 0 Å². The van der Waals surface area contributed by atoms with Crippen LogP contribution >= 0.6 is 0 Å². The van der Waals surface area contributed by atoms with Crippen molar-refractivity contribution in [2.45, 2.75) is 38.0 Å². The van der Waals surface area contributed by atoms with E-state index in [1.54, 1.807) is 25.3 Å². The Kier molecular flexibility index (Phi) is 5.57. The summed E-state index contributed by atoms with van der Waals surface area (Å²) in [6, 6.07) is 5.11. The van der Waals surface area contributed by atoms with E-state index in [9.17, 15) is 13.6 Å². The van der Waals surface area contributed by atoms with E-state index in [2.05, 4.69) is 0 Å². The second-order valence-corrected chi connectivity index (χ2v) is 5.49. The van der Waals surface area contributed by atoms with Gasteiger partial charge in [0.15, 0.2) is 0 Å². The second kappa shape index (κ2) is 7.42. The van der Waals surface area contributed by atoms with E-state index in [-0.39, 0.29) is 11.8 Å². The number of aliphatic carboxylic acids is 1. The van der Waals surface area contributed by atoms with Gasteiger partial charge in [0.1, 0.15) is 18.1 Å². The molecule has 0 aromatic heterocycles. The summed E-state index contributed by atoms with van der Waals surface area (Å²) in [5.41, 5.74) is 0.823. The van der Waals surface area contributed by atoms with Crippen molar-refractivity contribution in [3.05, 3.63) is 23.8 Å². The number of halogens is 2. The zero-order chi connectivity index (χ0) is 16.1. The minimum absolute atomic E-state index is 0.110. The molecule has 0 heterocycles. The van der Waals surface area contributed by atoms with Crippen molar-refractivity contribution in [3.63, 3.8) is 0 Å². The van der Waals surface area contributed by atoms with Crippen LogP contribution in [0.5, 0.6) is 11.5 Å². The van der Waals surface area contributed by atoms with Crippen LogP contribution in [-0.4, -0.2) is 31.2 Å². The van der Waals surface area contributed by atoms with Gasteiger partial charge in [-0.25, -0.2) is 8.78 Å². The number of hydrogen-bond donors (Lipinski definition) is 1. The van der Waals surface area contributed by atoms with Gasteiger partial charge in [0.05, 0.1) is 13.0 Å². The monoisotopic (exact) mass is 314 g/mol. The summed E-state index contributed by atoms with van der Waals surface area (Å²) in [4.78, 5) is 11.0. The minimum Gasteiger partial charge on any atom is -0.497 e. The quantitative estimate of drug-likeness (QED) is 0.870. The molecule has 4 nitrogen and oxygen atoms in total. The second-order valence-electron chi connectivity index (χ2n) is 5.49. The molecule has 0 saturated heterocycles. The normalized spacial score (nSPS) is 21.6. The third kappa shape index (κ3) is 4.08. The minimum atomic E-state index is -2.53. The zero-order valence-electron chi connectivity index (χ0n) is 12.4. The lowest BCUT2D eigenvalue weighted by Crippen LogP contribution is -2.21. The van der Waals surface area contributed by atoms with E-state index in [0.717, 1.165) is 5.56 Å². The Morgan fingerprint density at radius 1 is 1.32 bits per heavy atom. The number of carboxylic acid groups (broad SMARTS) is 1. The summed E-state index contributed by atoms with van der Waals surface area (Å²) >= 11 is 0. The molecule has 1 N–H and O–H groups in total. The van der Waals surface area contributed by atoms with Gasteiger partial charge in [-0.05, 0) is 49.8 Å². The van der Waals surface area contributed by atoms with Crippen LogP contribution in [0, 0.1) is 5.92 Å². The van der Waals surface area contributed by atoms with Crippen LogP contribution < -0.4 is 9.47 Å². The van der Waals surface area contributed by atoms with Gasteiger partial charge in [0.25, 0.3) is 6.43 Å². The maximum Gasteiger partial charge on any atom is 0.306 e. The van der Waals surface area contributed by atoms with E-state index in [0.29, 0.717) is 37.2 Å². The first-order valence-corrected chi connectivity index (χ1v) is 7.33. The molecule has 1 aliphatic carbocycles. The van der Waals surface area contributed by atoms with Crippen LogP contribution in [0.1, 0.15) is 37.2 Å². The fourth-order valence-corrected chi connectivity index (χ4v) is 2.91. The molecule has 1 fully saturated rings. The van der Waals surface area contributed by atoms with Gasteiger partial charge in [0, 0.05) is 5.56 Å². The lowest BCUT2D eigenvalue weighted by molar-refractivity contribution is -0.142. The average molecular weight is 314 g/mol. The number of alkyl halides is 2. The Bertz CT molecular complexity index is 511. The Morgan fingerprint density at radius 2 is 2.00 bits per heavy atom. The predicted octanol–water partition coefficient (Wildman–Crippen LogP) is 3.70. The molecule has 1 aliphatic rings. The lowest BCUT2D eigenvalue weighted by Gasteiger charge is -2.28. The summed E-state index contributed by atoms with van der Waals surface area (Å²) in [5, 5.41) is 9.05. The number of carboxylic acids is 1. The van der Waals surface area contributed by atoms with Crippen molar-refractivity contribution < 1.29 is 28.2 Å². The van der Waals surface area contributed by atoms with Gasteiger partial charge in [0.2, 0.25) is 0 Å². The summed E-state index contributed by atoms with van der Waals surface area (Å²) in [6.07, 6.45) is 0.0548. The highest BCUT2D eigenvalue weighted by atomic mass is 19.3. The number of carbonyl (C=O) groups is 1. The van der Waals surface area contributed by atoms with Gasteiger partial charge in [-0.2, -0.15) is 0 Å². The third-order valence-corrected chi connectivity index (χ3v) is 4.10. The molecule has 2 rings (SSSR count). The number of hydrogen-bond acceptors (Lipinski definition) is 3. The standard InChI is InChI=1S/C16H20F2O4/c1-21-12-6-7-14(22-9-15(17)18)13(8-12)10-2-4-11(5-3-10)16(19)20/h6-8,10-11,15H,2-5,9H2,1H3,(H,19,20). The molecule has 0 spiro atoms. The SMILES string of the molecule is COc1ccc(OCC(F)F)c(C2CCC(C(=O)O)CC2)c1. The molecular formula is C16H20F2O4. The molecule has 0 radical (unpaired) electrons. The molecule has 0 aliphatic heterocycles. The number of ether oxygens (including phenoxy) is 2. The van der Waals surface area contributed by atoms with Gasteiger partial charge in [-0.3, -0.25) is 4.79 Å². The van der Waals surface area contributed by atoms with Crippen molar-refractivity contribution in [2.75, 3.05) is 13.7 Å². The molecule has 122 valence electrons. The first-order chi connectivity index (χ1) is 10.5. The number of rotatable bonds is 6. The van der Waals surface area contributed by atoms with Gasteiger partial charge >= 0.3 is 5.97 Å². The average Bonchev–Trinajstić information content (AvgIpc) is 2.52. The lowest BCUT2D eigenvalue weighted by atomic mass is 9.78. The molecule has 6 heteroatoms. The van der Waals surface area contributed by atoms with E-state index in [4.69, 9.17) is 14.6 Å². The summed E-state index contributed by atoms with van der Waals surface area (Å²) in [5.74, 6) is 0.101. The van der Waals surface area contributed by atoms with Crippen molar-refractivity contribution >= 4 is 5.97 Å². The first-order valence-electron chi connectivity index (χ1n) is 7.33. The van der Waals surface area contributed by atoms with Crippen LogP contribution in [0.15, 0.2) is 18.2 Å². The topological polar surface area (TPSA) is 55.8 Å². The fourth-order valence-electron chi connectivity index (χ4n) is 2.91. The summed E-state index contributed by atoms with van der Waals surface area (Å²) < 4.78 is 35.1. The third-order valence-electron chi connectivity index (χ3n) is 4.10. The van der Waals surface area contributed by atoms with E-state index in [1.807, 2.05) is 0 Å². The van der Waals surface area contributed by atoms with Gasteiger partial charge in [-0.1, -0.05) is 0 Å². The molecule has 0 bridgehead atoms. The Labute approximate surface area is 128 Å². The molecular weight excluding hydrogens is 294 g/mol. The number of methoxy groups -OCH3 is 1. The van der Waals surface area contributed by atoms with Crippen molar-refractivity contribution in [2.24, 2.45) is 5.92 Å². The van der Waals surface area contributed by atoms with Crippen LogP contribution in [0.3, 0.4) is 0 Å². The highest BCUT2D eigenvalue weighted by Crippen LogP contribution is 2.41. The van der Waals surface area contributed by atoms with E-state index < -0.39 is 19.0 Å². The largest absolute Gasteiger partial charge is 0.497 e. The molecule has 1 aromatic carbocycles. The van der Waals surface area contributed by atoms with Crippen LogP contribution in [0.2, 0.25) is 0 Å². The highest BCUT2D eigenvalue weighted by Gasteiger charge is 2.28. The highest BCUT2D eigenvalue weighted by molar-refractivity contribution is 5.70. The molecule has 1 saturated carbocycles. The molecule has 0 amide bonds. The molecule has 1 aromatic rings. The summed E-state index contributed by atoms with van der Waals surface area (Å²) in [7, 11) is 1.54. The van der Waals surface area contributed by atoms with E-state index >= 15 is 0 Å². The first kappa shape index (κ1) is 16.5. The zero-order valence-corrected chi connectivity index (χ0v) is 12.4. The molecule has 0 atom stereocenters. The van der Waals surface area contributed by atoms with Crippen molar-refractivity contribution in [1.29, 1.82) is 0 Å². The Balaban J connectivity index is 2.15. The number of benzene rings is 1. The molecule has 0 unspecified atom stereocenters. The van der Waals surface area contributed by atoms with Crippen molar-refractivity contribution in [1.82, 2.24) is 0 Å². The maximum atomic E-state index is 12.4. The maximum absolute atomic E-state index is 12.4. The van der Waals surface area contributed by atoms with Gasteiger partial charge < -0.3 is 14.6 Å². The van der Waals surface area contributed by atoms with E-state index in [1.165, 1.54) is 0 Å². The fraction of sp³-hybridized carbons (Fsp3) is 0.562. The van der Waals surface area contributed by atoms with Gasteiger partial charge in [-0.15, -0.1) is 0 Å². The summed E-state index contributed by atoms with van der Waals surface area (Å²) in [6.45, 7) is -0.649. The predicted molar refractivity (Wildman–Crippen MR) is 76.8 cm³/mol. The Hall–Kier alpha value is -1.85. The Morgan fingerprint density at radius 3 is 2.55 bits per heavy atom. The van der Waals surface area contributed by atoms with Crippen LogP contribution in [-0.2, 0) is 4.79 Å².